The second-order valence-electron chi connectivity index (χ2n) is 3.95. The molecule has 2 heterocycles. The van der Waals surface area contributed by atoms with Gasteiger partial charge in [-0.25, -0.2) is 4.98 Å². The van der Waals surface area contributed by atoms with Gasteiger partial charge in [-0.3, -0.25) is 4.79 Å². The molecule has 0 saturated carbocycles. The quantitative estimate of drug-likeness (QED) is 0.732. The van der Waals surface area contributed by atoms with Crippen LogP contribution in [0.3, 0.4) is 0 Å². The minimum Gasteiger partial charge on any atom is -0.396 e. The first-order valence-corrected chi connectivity index (χ1v) is 9.13. The van der Waals surface area contributed by atoms with E-state index in [4.69, 9.17) is 5.11 Å². The summed E-state index contributed by atoms with van der Waals surface area (Å²) < 4.78 is 0. The van der Waals surface area contributed by atoms with Crippen molar-refractivity contribution >= 4 is 40.3 Å². The van der Waals surface area contributed by atoms with Crippen molar-refractivity contribution in [3.8, 4) is 9.88 Å². The lowest BCUT2D eigenvalue weighted by molar-refractivity contribution is 0.0960. The first-order valence-electron chi connectivity index (χ1n) is 6.28. The summed E-state index contributed by atoms with van der Waals surface area (Å²) in [7, 11) is 0. The van der Waals surface area contributed by atoms with Crippen LogP contribution < -0.4 is 5.32 Å². The molecule has 2 aromatic rings. The van der Waals surface area contributed by atoms with E-state index < -0.39 is 0 Å². The average molecular weight is 328 g/mol. The lowest BCUT2D eigenvalue weighted by atomic mass is 10.5. The van der Waals surface area contributed by atoms with Crippen LogP contribution in [-0.2, 0) is 0 Å². The normalized spacial score (nSPS) is 10.7. The maximum atomic E-state index is 11.9. The van der Waals surface area contributed by atoms with Gasteiger partial charge in [-0.1, -0.05) is 6.07 Å². The smallest absolute Gasteiger partial charge is 0.263 e. The summed E-state index contributed by atoms with van der Waals surface area (Å²) in [6.07, 6.45) is 2.44. The molecule has 0 bridgehead atoms. The van der Waals surface area contributed by atoms with Crippen LogP contribution in [0.5, 0.6) is 0 Å². The van der Waals surface area contributed by atoms with Gasteiger partial charge in [-0.15, -0.1) is 22.7 Å². The van der Waals surface area contributed by atoms with Gasteiger partial charge in [0.2, 0.25) is 0 Å². The predicted octanol–water partition coefficient (Wildman–Crippen LogP) is 2.72. The van der Waals surface area contributed by atoms with Gasteiger partial charge < -0.3 is 10.4 Å². The number of nitrogens with zero attached hydrogens (tertiary/aromatic N) is 1. The largest absolute Gasteiger partial charge is 0.396 e. The number of amides is 1. The fraction of sp³-hybridized carbons (Fsp3) is 0.385. The fourth-order valence-corrected chi connectivity index (χ4v) is 3.91. The van der Waals surface area contributed by atoms with Crippen LogP contribution in [-0.4, -0.2) is 40.7 Å². The summed E-state index contributed by atoms with van der Waals surface area (Å²) >= 11 is 4.77. The molecule has 4 nitrogen and oxygen atoms in total. The highest BCUT2D eigenvalue weighted by Gasteiger charge is 2.11. The van der Waals surface area contributed by atoms with Crippen LogP contribution in [0.15, 0.2) is 23.7 Å². The van der Waals surface area contributed by atoms with E-state index in [0.717, 1.165) is 27.8 Å². The van der Waals surface area contributed by atoms with Crippen molar-refractivity contribution in [2.24, 2.45) is 0 Å². The lowest BCUT2D eigenvalue weighted by Gasteiger charge is -2.02. The predicted molar refractivity (Wildman–Crippen MR) is 86.8 cm³/mol. The zero-order valence-corrected chi connectivity index (χ0v) is 13.3. The van der Waals surface area contributed by atoms with Crippen molar-refractivity contribution < 1.29 is 9.90 Å². The maximum Gasteiger partial charge on any atom is 0.263 e. The molecule has 1 amide bonds. The molecule has 0 saturated heterocycles. The monoisotopic (exact) mass is 328 g/mol. The highest BCUT2D eigenvalue weighted by Crippen LogP contribution is 2.28. The van der Waals surface area contributed by atoms with Crippen LogP contribution in [0.1, 0.15) is 16.1 Å². The zero-order chi connectivity index (χ0) is 14.2. The van der Waals surface area contributed by atoms with Crippen LogP contribution in [0.2, 0.25) is 0 Å². The molecule has 0 aromatic carbocycles. The van der Waals surface area contributed by atoms with E-state index in [1.807, 2.05) is 17.5 Å². The number of thioether (sulfide) groups is 1. The molecular formula is C13H16N2O2S3. The molecule has 0 fully saturated rings. The number of carbonyl (C=O) groups is 1. The topological polar surface area (TPSA) is 62.2 Å². The number of aliphatic hydroxyl groups excluding tert-OH is 1. The molecule has 2 rings (SSSR count). The van der Waals surface area contributed by atoms with Gasteiger partial charge in [0.1, 0.15) is 9.88 Å². The molecule has 0 aliphatic rings. The summed E-state index contributed by atoms with van der Waals surface area (Å²) in [6.45, 7) is 0.868. The van der Waals surface area contributed by atoms with E-state index >= 15 is 0 Å². The average Bonchev–Trinajstić information content (AvgIpc) is 3.12. The summed E-state index contributed by atoms with van der Waals surface area (Å²) in [4.78, 5) is 18.0. The third-order valence-corrected chi connectivity index (χ3v) is 5.55. The van der Waals surface area contributed by atoms with E-state index in [2.05, 4.69) is 10.3 Å². The van der Waals surface area contributed by atoms with Gasteiger partial charge in [0, 0.05) is 18.9 Å². The zero-order valence-electron chi connectivity index (χ0n) is 10.9. The van der Waals surface area contributed by atoms with Gasteiger partial charge in [0.25, 0.3) is 5.91 Å². The van der Waals surface area contributed by atoms with Gasteiger partial charge in [0.15, 0.2) is 0 Å². The Labute approximate surface area is 130 Å². The molecule has 0 spiro atoms. The van der Waals surface area contributed by atoms with Gasteiger partial charge in [-0.2, -0.15) is 11.8 Å². The van der Waals surface area contributed by atoms with Crippen molar-refractivity contribution in [2.75, 3.05) is 24.7 Å². The van der Waals surface area contributed by atoms with Gasteiger partial charge >= 0.3 is 0 Å². The third kappa shape index (κ3) is 4.59. The molecule has 0 unspecified atom stereocenters. The minimum absolute atomic E-state index is 0.0620. The molecular weight excluding hydrogens is 312 g/mol. The second kappa shape index (κ2) is 8.41. The molecule has 2 aromatic heterocycles. The van der Waals surface area contributed by atoms with Crippen LogP contribution in [0, 0.1) is 0 Å². The molecule has 20 heavy (non-hydrogen) atoms. The highest BCUT2D eigenvalue weighted by atomic mass is 32.2. The highest BCUT2D eigenvalue weighted by molar-refractivity contribution is 7.99. The Morgan fingerprint density at radius 1 is 1.45 bits per heavy atom. The Morgan fingerprint density at radius 3 is 3.10 bits per heavy atom. The van der Waals surface area contributed by atoms with E-state index in [-0.39, 0.29) is 12.5 Å². The van der Waals surface area contributed by atoms with Crippen molar-refractivity contribution in [3.63, 3.8) is 0 Å². The molecule has 2 N–H and O–H groups in total. The molecule has 108 valence electrons. The number of carbonyl (C=O) groups excluding carboxylic acids is 1. The Bertz CT molecular complexity index is 525. The van der Waals surface area contributed by atoms with E-state index in [9.17, 15) is 4.79 Å². The lowest BCUT2D eigenvalue weighted by Crippen LogP contribution is -2.25. The van der Waals surface area contributed by atoms with E-state index in [1.54, 1.807) is 29.3 Å². The Balaban J connectivity index is 1.76. The summed E-state index contributed by atoms with van der Waals surface area (Å²) in [6, 6.07) is 3.98. The number of hydrogen-bond acceptors (Lipinski definition) is 6. The van der Waals surface area contributed by atoms with Crippen molar-refractivity contribution in [1.29, 1.82) is 0 Å². The first kappa shape index (κ1) is 15.5. The fourth-order valence-electron chi connectivity index (χ4n) is 1.49. The second-order valence-corrected chi connectivity index (χ2v) is 7.16. The Hall–Kier alpha value is -0.890. The number of nitrogens with one attached hydrogen (secondary N) is 1. The number of aromatic nitrogens is 1. The van der Waals surface area contributed by atoms with Gasteiger partial charge in [0.05, 0.1) is 11.1 Å². The molecule has 0 aliphatic heterocycles. The Kier molecular flexibility index (Phi) is 6.52. The number of thiazole rings is 1. The third-order valence-electron chi connectivity index (χ3n) is 2.44. The number of aliphatic hydroxyl groups is 1. The SMILES string of the molecule is O=C(NCCSCCCO)c1cnc(-c2cccs2)s1. The van der Waals surface area contributed by atoms with Crippen molar-refractivity contribution in [1.82, 2.24) is 10.3 Å². The molecule has 0 aliphatic carbocycles. The number of thiophene rings is 1. The summed E-state index contributed by atoms with van der Waals surface area (Å²) in [5, 5.41) is 14.4. The molecule has 0 atom stereocenters. The molecule has 7 heteroatoms. The van der Waals surface area contributed by atoms with Crippen molar-refractivity contribution in [3.05, 3.63) is 28.6 Å². The minimum atomic E-state index is -0.0620. The number of rotatable bonds is 8. The Morgan fingerprint density at radius 2 is 2.35 bits per heavy atom. The van der Waals surface area contributed by atoms with E-state index in [1.165, 1.54) is 11.3 Å². The molecule has 0 radical (unpaired) electrons. The number of hydrogen-bond donors (Lipinski definition) is 2. The van der Waals surface area contributed by atoms with Crippen LogP contribution in [0.4, 0.5) is 0 Å². The van der Waals surface area contributed by atoms with Crippen LogP contribution in [0.25, 0.3) is 9.88 Å². The van der Waals surface area contributed by atoms with Gasteiger partial charge in [-0.05, 0) is 23.6 Å². The van der Waals surface area contributed by atoms with Crippen molar-refractivity contribution in [2.45, 2.75) is 6.42 Å². The summed E-state index contributed by atoms with van der Waals surface area (Å²) in [5.74, 6) is 1.73. The van der Waals surface area contributed by atoms with E-state index in [0.29, 0.717) is 11.4 Å². The summed E-state index contributed by atoms with van der Waals surface area (Å²) in [5.41, 5.74) is 0. The maximum absolute atomic E-state index is 11.9. The standard InChI is InChI=1S/C13H16N2O2S3/c16-5-2-6-18-8-4-14-12(17)11-9-15-13(20-11)10-3-1-7-19-10/h1,3,7,9,16H,2,4-6,8H2,(H,14,17). The first-order chi connectivity index (χ1) is 9.81. The van der Waals surface area contributed by atoms with Crippen LogP contribution >= 0.6 is 34.4 Å².